The molecule has 0 atom stereocenters. The Hall–Kier alpha value is -1.85. The van der Waals surface area contributed by atoms with E-state index < -0.39 is 0 Å². The van der Waals surface area contributed by atoms with Gasteiger partial charge < -0.3 is 11.6 Å². The lowest BCUT2D eigenvalue weighted by Gasteiger charge is -1.97. The fourth-order valence-electron chi connectivity index (χ4n) is 1.35. The molecule has 0 aromatic carbocycles. The van der Waals surface area contributed by atoms with Crippen molar-refractivity contribution >= 4 is 16.9 Å². The van der Waals surface area contributed by atoms with Crippen molar-refractivity contribution in [1.29, 1.82) is 0 Å². The van der Waals surface area contributed by atoms with Gasteiger partial charge >= 0.3 is 0 Å². The van der Waals surface area contributed by atoms with Gasteiger partial charge in [-0.3, -0.25) is 0 Å². The fraction of sp³-hybridized carbons (Fsp3) is 0.286. The number of hydrogen-bond acceptors (Lipinski definition) is 5. The number of aryl methyl sites for hydroxylation is 2. The number of aromatic nitrogens is 4. The predicted molar refractivity (Wildman–Crippen MR) is 49.4 cm³/mol. The van der Waals surface area contributed by atoms with Crippen LogP contribution in [0, 0.1) is 13.8 Å². The number of nitrogen functional groups attached to an aromatic ring is 2. The fourth-order valence-corrected chi connectivity index (χ4v) is 1.35. The molecule has 0 bridgehead atoms. The molecule has 0 fully saturated rings. The molecule has 2 rings (SSSR count). The van der Waals surface area contributed by atoms with Crippen LogP contribution in [0.3, 0.4) is 0 Å². The van der Waals surface area contributed by atoms with Crippen LogP contribution in [0.5, 0.6) is 0 Å². The molecular formula is C7H10N6. The first-order valence-corrected chi connectivity index (χ1v) is 3.84. The van der Waals surface area contributed by atoms with Crippen molar-refractivity contribution in [2.24, 2.45) is 0 Å². The van der Waals surface area contributed by atoms with Crippen molar-refractivity contribution in [3.63, 3.8) is 0 Å². The monoisotopic (exact) mass is 178 g/mol. The number of nitrogens with two attached hydrogens (primary N) is 2. The molecule has 2 heterocycles. The molecule has 0 radical (unpaired) electrons. The van der Waals surface area contributed by atoms with Crippen LogP contribution >= 0.6 is 0 Å². The summed E-state index contributed by atoms with van der Waals surface area (Å²) in [6.07, 6.45) is 0. The molecular weight excluding hydrogens is 168 g/mol. The van der Waals surface area contributed by atoms with E-state index in [0.717, 1.165) is 11.1 Å². The summed E-state index contributed by atoms with van der Waals surface area (Å²) in [5.41, 5.74) is 7.03. The first-order valence-electron chi connectivity index (χ1n) is 3.84. The second-order valence-corrected chi connectivity index (χ2v) is 2.88. The number of anilines is 1. The highest BCUT2D eigenvalue weighted by Crippen LogP contribution is 2.19. The zero-order chi connectivity index (χ0) is 9.59. The van der Waals surface area contributed by atoms with E-state index in [1.165, 1.54) is 4.79 Å². The van der Waals surface area contributed by atoms with Gasteiger partial charge in [0.05, 0.1) is 11.1 Å². The minimum Gasteiger partial charge on any atom is -0.383 e. The van der Waals surface area contributed by atoms with E-state index in [1.807, 2.05) is 6.92 Å². The molecule has 0 unspecified atom stereocenters. The predicted octanol–water partition coefficient (Wildman–Crippen LogP) is -0.261. The third-order valence-corrected chi connectivity index (χ3v) is 1.87. The van der Waals surface area contributed by atoms with E-state index >= 15 is 0 Å². The molecule has 0 spiro atoms. The minimum atomic E-state index is 0.428. The minimum absolute atomic E-state index is 0.428. The summed E-state index contributed by atoms with van der Waals surface area (Å²) in [6, 6.07) is 0. The smallest absolute Gasteiger partial charge is 0.186 e. The van der Waals surface area contributed by atoms with Crippen molar-refractivity contribution in [2.45, 2.75) is 13.8 Å². The third-order valence-electron chi connectivity index (χ3n) is 1.87. The van der Waals surface area contributed by atoms with Gasteiger partial charge in [-0.15, -0.1) is 0 Å². The van der Waals surface area contributed by atoms with Gasteiger partial charge in [0.1, 0.15) is 11.6 Å². The van der Waals surface area contributed by atoms with Gasteiger partial charge in [-0.05, 0) is 13.8 Å². The van der Waals surface area contributed by atoms with Gasteiger partial charge in [0.15, 0.2) is 5.65 Å². The van der Waals surface area contributed by atoms with Crippen LogP contribution in [0.4, 0.5) is 5.82 Å². The molecule has 6 heteroatoms. The van der Waals surface area contributed by atoms with Crippen LogP contribution in [0.1, 0.15) is 11.5 Å². The van der Waals surface area contributed by atoms with E-state index in [-0.39, 0.29) is 0 Å². The van der Waals surface area contributed by atoms with Crippen molar-refractivity contribution in [3.05, 3.63) is 11.5 Å². The Morgan fingerprint density at radius 2 is 1.92 bits per heavy atom. The van der Waals surface area contributed by atoms with Crippen LogP contribution in [-0.4, -0.2) is 19.9 Å². The molecule has 0 aliphatic rings. The van der Waals surface area contributed by atoms with Gasteiger partial charge in [0.2, 0.25) is 0 Å². The third kappa shape index (κ3) is 0.986. The van der Waals surface area contributed by atoms with Gasteiger partial charge in [0.25, 0.3) is 0 Å². The molecule has 0 saturated carbocycles. The maximum atomic E-state index is 5.71. The van der Waals surface area contributed by atoms with Crippen molar-refractivity contribution < 1.29 is 0 Å². The quantitative estimate of drug-likeness (QED) is 0.542. The molecule has 6 nitrogen and oxygen atoms in total. The largest absolute Gasteiger partial charge is 0.383 e. The molecule has 68 valence electrons. The first-order chi connectivity index (χ1) is 6.09. The van der Waals surface area contributed by atoms with Gasteiger partial charge in [-0.1, -0.05) is 0 Å². The van der Waals surface area contributed by atoms with Crippen LogP contribution in [0.15, 0.2) is 0 Å². The number of rotatable bonds is 0. The van der Waals surface area contributed by atoms with Gasteiger partial charge in [0, 0.05) is 0 Å². The average molecular weight is 178 g/mol. The molecule has 0 saturated heterocycles. The summed E-state index contributed by atoms with van der Waals surface area (Å²) >= 11 is 0. The highest BCUT2D eigenvalue weighted by atomic mass is 15.5. The van der Waals surface area contributed by atoms with Gasteiger partial charge in [-0.2, -0.15) is 9.89 Å². The molecule has 2 aromatic heterocycles. The highest BCUT2D eigenvalue weighted by Gasteiger charge is 2.11. The second-order valence-electron chi connectivity index (χ2n) is 2.88. The van der Waals surface area contributed by atoms with Crippen LogP contribution < -0.4 is 11.6 Å². The van der Waals surface area contributed by atoms with Crippen LogP contribution in [0.25, 0.3) is 11.0 Å². The Morgan fingerprint density at radius 3 is 2.62 bits per heavy atom. The van der Waals surface area contributed by atoms with Gasteiger partial charge in [-0.25, -0.2) is 9.97 Å². The Balaban J connectivity index is 2.97. The van der Waals surface area contributed by atoms with E-state index in [4.69, 9.17) is 11.6 Å². The lowest BCUT2D eigenvalue weighted by Crippen LogP contribution is -2.11. The number of fused-ring (bicyclic) bond motifs is 1. The Kier molecular flexibility index (Phi) is 1.39. The molecule has 4 N–H and O–H groups in total. The summed E-state index contributed by atoms with van der Waals surface area (Å²) < 4.78 is 0. The standard InChI is InChI=1S/C7H10N6/c1-3-5-6(8)10-4(2)11-7(5)13(9)12-3/h9H2,1-2H3,(H2,8,10,11). The van der Waals surface area contributed by atoms with E-state index in [9.17, 15) is 0 Å². The SMILES string of the molecule is Cc1nc(N)c2c(C)nn(N)c2n1. The van der Waals surface area contributed by atoms with E-state index in [1.54, 1.807) is 6.92 Å². The summed E-state index contributed by atoms with van der Waals surface area (Å²) in [5, 5.41) is 4.73. The lowest BCUT2D eigenvalue weighted by atomic mass is 10.3. The zero-order valence-electron chi connectivity index (χ0n) is 7.44. The molecule has 13 heavy (non-hydrogen) atoms. The van der Waals surface area contributed by atoms with Crippen molar-refractivity contribution in [2.75, 3.05) is 11.6 Å². The highest BCUT2D eigenvalue weighted by molar-refractivity contribution is 5.88. The Labute approximate surface area is 74.5 Å². The van der Waals surface area contributed by atoms with Crippen LogP contribution in [0.2, 0.25) is 0 Å². The zero-order valence-corrected chi connectivity index (χ0v) is 7.44. The molecule has 0 amide bonds. The van der Waals surface area contributed by atoms with E-state index in [0.29, 0.717) is 17.3 Å². The summed E-state index contributed by atoms with van der Waals surface area (Å²) in [4.78, 5) is 9.39. The number of hydrogen-bond donors (Lipinski definition) is 2. The first kappa shape index (κ1) is 7.78. The van der Waals surface area contributed by atoms with Crippen molar-refractivity contribution in [1.82, 2.24) is 19.9 Å². The Bertz CT molecular complexity index is 471. The maximum absolute atomic E-state index is 5.71. The Morgan fingerprint density at radius 1 is 1.23 bits per heavy atom. The normalized spacial score (nSPS) is 10.9. The van der Waals surface area contributed by atoms with Crippen LogP contribution in [-0.2, 0) is 0 Å². The molecule has 2 aromatic rings. The summed E-state index contributed by atoms with van der Waals surface area (Å²) in [6.45, 7) is 3.58. The van der Waals surface area contributed by atoms with E-state index in [2.05, 4.69) is 15.1 Å². The van der Waals surface area contributed by atoms with Crippen molar-refractivity contribution in [3.8, 4) is 0 Å². The topological polar surface area (TPSA) is 95.6 Å². The molecule has 0 aliphatic carbocycles. The summed E-state index contributed by atoms with van der Waals surface area (Å²) in [5.74, 6) is 6.60. The average Bonchev–Trinajstić information content (AvgIpc) is 2.27. The lowest BCUT2D eigenvalue weighted by molar-refractivity contribution is 0.830. The second kappa shape index (κ2) is 2.32. The molecule has 0 aliphatic heterocycles. The summed E-state index contributed by atoms with van der Waals surface area (Å²) in [7, 11) is 0. The number of nitrogens with zero attached hydrogens (tertiary/aromatic N) is 4. The maximum Gasteiger partial charge on any atom is 0.186 e.